The molecule has 1 N–H and O–H groups in total. The molecule has 0 radical (unpaired) electrons. The summed E-state index contributed by atoms with van der Waals surface area (Å²) in [7, 11) is 1.59. The zero-order valence-corrected chi connectivity index (χ0v) is 14.1. The number of hydrogen-bond donors (Lipinski definition) is 1. The number of methoxy groups -OCH3 is 1. The van der Waals surface area contributed by atoms with Crippen molar-refractivity contribution in [3.05, 3.63) is 95.6 Å². The molecule has 0 bridgehead atoms. The van der Waals surface area contributed by atoms with Gasteiger partial charge in [-0.05, 0) is 47.5 Å². The molecule has 0 aromatic heterocycles. The first-order valence-corrected chi connectivity index (χ1v) is 8.10. The lowest BCUT2D eigenvalue weighted by atomic mass is 9.97. The maximum absolute atomic E-state index is 12.8. The van der Waals surface area contributed by atoms with Gasteiger partial charge in [0.2, 0.25) is 0 Å². The molecule has 0 spiro atoms. The number of benzene rings is 3. The van der Waals surface area contributed by atoms with Gasteiger partial charge in [0.15, 0.2) is 0 Å². The van der Waals surface area contributed by atoms with Crippen LogP contribution >= 0.6 is 0 Å². The van der Waals surface area contributed by atoms with E-state index in [2.05, 4.69) is 5.32 Å². The minimum absolute atomic E-state index is 0.271. The van der Waals surface area contributed by atoms with Gasteiger partial charge in [0, 0.05) is 5.69 Å². The number of alkyl halides is 3. The summed E-state index contributed by atoms with van der Waals surface area (Å²) in [6.45, 7) is 0. The fourth-order valence-electron chi connectivity index (χ4n) is 2.72. The van der Waals surface area contributed by atoms with Crippen molar-refractivity contribution < 1.29 is 17.9 Å². The summed E-state index contributed by atoms with van der Waals surface area (Å²) in [6, 6.07) is 22.0. The Labute approximate surface area is 150 Å². The highest BCUT2D eigenvalue weighted by molar-refractivity contribution is 5.51. The van der Waals surface area contributed by atoms with E-state index in [-0.39, 0.29) is 6.04 Å². The summed E-state index contributed by atoms with van der Waals surface area (Å²) in [5.41, 5.74) is 1.90. The van der Waals surface area contributed by atoms with Crippen molar-refractivity contribution in [1.82, 2.24) is 0 Å². The number of hydrogen-bond acceptors (Lipinski definition) is 2. The van der Waals surface area contributed by atoms with Gasteiger partial charge >= 0.3 is 6.18 Å². The molecule has 0 saturated carbocycles. The van der Waals surface area contributed by atoms with Gasteiger partial charge in [-0.15, -0.1) is 0 Å². The zero-order chi connectivity index (χ0) is 18.6. The smallest absolute Gasteiger partial charge is 0.416 e. The fraction of sp³-hybridized carbons (Fsp3) is 0.143. The highest BCUT2D eigenvalue weighted by Crippen LogP contribution is 2.32. The molecule has 0 aliphatic carbocycles. The van der Waals surface area contributed by atoms with Crippen LogP contribution in [0.25, 0.3) is 0 Å². The van der Waals surface area contributed by atoms with Crippen LogP contribution in [0.4, 0.5) is 18.9 Å². The lowest BCUT2D eigenvalue weighted by Gasteiger charge is -2.22. The molecule has 3 aromatic carbocycles. The maximum atomic E-state index is 12.8. The third kappa shape index (κ3) is 4.17. The molecule has 3 rings (SSSR count). The SMILES string of the molecule is COc1ccc(NC(c2ccccc2)c2ccc(C(F)(F)F)cc2)cc1. The highest BCUT2D eigenvalue weighted by atomic mass is 19.4. The molecular formula is C21H18F3NO. The van der Waals surface area contributed by atoms with Gasteiger partial charge in [-0.25, -0.2) is 0 Å². The molecule has 0 amide bonds. The second-order valence-electron chi connectivity index (χ2n) is 5.84. The molecule has 3 aromatic rings. The van der Waals surface area contributed by atoms with Crippen LogP contribution in [-0.2, 0) is 6.18 Å². The summed E-state index contributed by atoms with van der Waals surface area (Å²) >= 11 is 0. The number of ether oxygens (including phenoxy) is 1. The molecule has 0 fully saturated rings. The van der Waals surface area contributed by atoms with Crippen molar-refractivity contribution in [3.63, 3.8) is 0 Å². The Morgan fingerprint density at radius 2 is 1.35 bits per heavy atom. The van der Waals surface area contributed by atoms with Crippen molar-refractivity contribution >= 4 is 5.69 Å². The van der Waals surface area contributed by atoms with Gasteiger partial charge in [0.1, 0.15) is 5.75 Å². The molecule has 134 valence electrons. The largest absolute Gasteiger partial charge is 0.497 e. The van der Waals surface area contributed by atoms with Crippen LogP contribution in [0.3, 0.4) is 0 Å². The van der Waals surface area contributed by atoms with Gasteiger partial charge < -0.3 is 10.1 Å². The zero-order valence-electron chi connectivity index (χ0n) is 14.1. The molecule has 0 aliphatic heterocycles. The topological polar surface area (TPSA) is 21.3 Å². The maximum Gasteiger partial charge on any atom is 0.416 e. The van der Waals surface area contributed by atoms with Crippen molar-refractivity contribution in [2.24, 2.45) is 0 Å². The molecule has 0 saturated heterocycles. The highest BCUT2D eigenvalue weighted by Gasteiger charge is 2.30. The predicted molar refractivity (Wildman–Crippen MR) is 96.3 cm³/mol. The van der Waals surface area contributed by atoms with Crippen LogP contribution < -0.4 is 10.1 Å². The summed E-state index contributed by atoms with van der Waals surface area (Å²) < 4.78 is 43.7. The second kappa shape index (κ2) is 7.52. The number of rotatable bonds is 5. The lowest BCUT2D eigenvalue weighted by Crippen LogP contribution is -2.13. The molecular weight excluding hydrogens is 339 g/mol. The average molecular weight is 357 g/mol. The molecule has 0 heterocycles. The number of nitrogens with one attached hydrogen (secondary N) is 1. The van der Waals surface area contributed by atoms with E-state index in [1.54, 1.807) is 7.11 Å². The Morgan fingerprint density at radius 1 is 0.769 bits per heavy atom. The minimum Gasteiger partial charge on any atom is -0.497 e. The standard InChI is InChI=1S/C21H18F3NO/c1-26-19-13-11-18(12-14-19)25-20(15-5-3-2-4-6-15)16-7-9-17(10-8-16)21(22,23)24/h2-14,20,25H,1H3. The quantitative estimate of drug-likeness (QED) is 0.612. The van der Waals surface area contributed by atoms with E-state index in [4.69, 9.17) is 4.74 Å². The van der Waals surface area contributed by atoms with Gasteiger partial charge in [0.05, 0.1) is 18.7 Å². The van der Waals surface area contributed by atoms with E-state index in [0.29, 0.717) is 0 Å². The van der Waals surface area contributed by atoms with E-state index >= 15 is 0 Å². The van der Waals surface area contributed by atoms with E-state index in [1.807, 2.05) is 54.6 Å². The number of anilines is 1. The van der Waals surface area contributed by atoms with Crippen LogP contribution in [0.1, 0.15) is 22.7 Å². The van der Waals surface area contributed by atoms with Gasteiger partial charge in [-0.1, -0.05) is 42.5 Å². The Kier molecular flexibility index (Phi) is 5.16. The molecule has 5 heteroatoms. The summed E-state index contributed by atoms with van der Waals surface area (Å²) in [5, 5.41) is 3.38. The average Bonchev–Trinajstić information content (AvgIpc) is 2.67. The van der Waals surface area contributed by atoms with Crippen molar-refractivity contribution in [3.8, 4) is 5.75 Å². The van der Waals surface area contributed by atoms with E-state index in [1.165, 1.54) is 12.1 Å². The Morgan fingerprint density at radius 3 is 1.88 bits per heavy atom. The monoisotopic (exact) mass is 357 g/mol. The predicted octanol–water partition coefficient (Wildman–Crippen LogP) is 5.92. The third-order valence-corrected chi connectivity index (χ3v) is 4.11. The summed E-state index contributed by atoms with van der Waals surface area (Å²) in [5.74, 6) is 0.737. The molecule has 0 aliphatic rings. The first-order valence-electron chi connectivity index (χ1n) is 8.10. The second-order valence-corrected chi connectivity index (χ2v) is 5.84. The number of halogens is 3. The first-order chi connectivity index (χ1) is 12.5. The molecule has 26 heavy (non-hydrogen) atoms. The molecule has 2 nitrogen and oxygen atoms in total. The normalized spacial score (nSPS) is 12.5. The Hall–Kier alpha value is -2.95. The lowest BCUT2D eigenvalue weighted by molar-refractivity contribution is -0.137. The van der Waals surface area contributed by atoms with Crippen molar-refractivity contribution in [1.29, 1.82) is 0 Å². The van der Waals surface area contributed by atoms with Crippen LogP contribution in [-0.4, -0.2) is 7.11 Å². The van der Waals surface area contributed by atoms with Crippen LogP contribution in [0.2, 0.25) is 0 Å². The Balaban J connectivity index is 1.93. The van der Waals surface area contributed by atoms with Gasteiger partial charge in [-0.3, -0.25) is 0 Å². The molecule has 1 unspecified atom stereocenters. The van der Waals surface area contributed by atoms with Gasteiger partial charge in [-0.2, -0.15) is 13.2 Å². The fourth-order valence-corrected chi connectivity index (χ4v) is 2.72. The Bertz CT molecular complexity index is 828. The summed E-state index contributed by atoms with van der Waals surface area (Å²) in [6.07, 6.45) is -4.34. The minimum atomic E-state index is -4.34. The van der Waals surface area contributed by atoms with E-state index in [0.717, 1.165) is 34.7 Å². The summed E-state index contributed by atoms with van der Waals surface area (Å²) in [4.78, 5) is 0. The van der Waals surface area contributed by atoms with Crippen molar-refractivity contribution in [2.75, 3.05) is 12.4 Å². The third-order valence-electron chi connectivity index (χ3n) is 4.11. The van der Waals surface area contributed by atoms with Crippen molar-refractivity contribution in [2.45, 2.75) is 12.2 Å². The van der Waals surface area contributed by atoms with Crippen LogP contribution in [0, 0.1) is 0 Å². The van der Waals surface area contributed by atoms with Gasteiger partial charge in [0.25, 0.3) is 0 Å². The molecule has 1 atom stereocenters. The van der Waals surface area contributed by atoms with E-state index in [9.17, 15) is 13.2 Å². The van der Waals surface area contributed by atoms with Crippen LogP contribution in [0.15, 0.2) is 78.9 Å². The van der Waals surface area contributed by atoms with Crippen LogP contribution in [0.5, 0.6) is 5.75 Å². The first kappa shape index (κ1) is 17.9. The van der Waals surface area contributed by atoms with E-state index < -0.39 is 11.7 Å².